The molecule has 0 saturated carbocycles. The Kier molecular flexibility index (Phi) is 5.40. The zero-order valence-electron chi connectivity index (χ0n) is 12.1. The lowest BCUT2D eigenvalue weighted by Gasteiger charge is -2.04. The van der Waals surface area contributed by atoms with Crippen LogP contribution < -0.4 is 14.8 Å². The lowest BCUT2D eigenvalue weighted by Crippen LogP contribution is -2.25. The average molecular weight is 289 g/mol. The van der Waals surface area contributed by atoms with Gasteiger partial charge in [-0.25, -0.2) is 0 Å². The molecule has 0 radical (unpaired) electrons. The van der Waals surface area contributed by atoms with Crippen molar-refractivity contribution in [2.45, 2.75) is 6.92 Å². The molecule has 0 aliphatic carbocycles. The van der Waals surface area contributed by atoms with E-state index in [1.54, 1.807) is 6.08 Å². The van der Waals surface area contributed by atoms with Gasteiger partial charge in [-0.2, -0.15) is 0 Å². The topological polar surface area (TPSA) is 56.8 Å². The van der Waals surface area contributed by atoms with E-state index in [0.29, 0.717) is 25.5 Å². The van der Waals surface area contributed by atoms with E-state index in [9.17, 15) is 4.79 Å². The van der Waals surface area contributed by atoms with E-state index in [4.69, 9.17) is 14.2 Å². The molecule has 0 fully saturated rings. The number of hydrogen-bond acceptors (Lipinski definition) is 4. The van der Waals surface area contributed by atoms with E-state index in [0.717, 1.165) is 16.9 Å². The van der Waals surface area contributed by atoms with Gasteiger partial charge in [0.05, 0.1) is 13.2 Å². The zero-order chi connectivity index (χ0) is 15.1. The van der Waals surface area contributed by atoms with Gasteiger partial charge >= 0.3 is 0 Å². The van der Waals surface area contributed by atoms with Crippen molar-refractivity contribution in [2.75, 3.05) is 26.6 Å². The van der Waals surface area contributed by atoms with Crippen LogP contribution >= 0.6 is 0 Å². The highest BCUT2D eigenvalue weighted by atomic mass is 16.7. The third-order valence-corrected chi connectivity index (χ3v) is 2.72. The summed E-state index contributed by atoms with van der Waals surface area (Å²) in [7, 11) is 0. The highest BCUT2D eigenvalue weighted by molar-refractivity contribution is 5.91. The molecule has 0 bridgehead atoms. The summed E-state index contributed by atoms with van der Waals surface area (Å²) in [6, 6.07) is 5.53. The maximum atomic E-state index is 11.6. The van der Waals surface area contributed by atoms with Gasteiger partial charge in [0.15, 0.2) is 11.5 Å². The first kappa shape index (κ1) is 15.1. The molecular formula is C16H19NO4. The van der Waals surface area contributed by atoms with Crippen LogP contribution in [0.5, 0.6) is 11.5 Å². The minimum atomic E-state index is -0.161. The third-order valence-electron chi connectivity index (χ3n) is 2.72. The van der Waals surface area contributed by atoms with Gasteiger partial charge in [-0.15, -0.1) is 0 Å². The van der Waals surface area contributed by atoms with Crippen LogP contribution in [0.3, 0.4) is 0 Å². The molecule has 5 heteroatoms. The van der Waals surface area contributed by atoms with Crippen LogP contribution in [0.4, 0.5) is 0 Å². The molecule has 1 aromatic carbocycles. The van der Waals surface area contributed by atoms with Crippen molar-refractivity contribution in [1.82, 2.24) is 5.32 Å². The van der Waals surface area contributed by atoms with Gasteiger partial charge in [-0.3, -0.25) is 4.79 Å². The molecule has 21 heavy (non-hydrogen) atoms. The van der Waals surface area contributed by atoms with E-state index >= 15 is 0 Å². The van der Waals surface area contributed by atoms with Crippen LogP contribution in [-0.2, 0) is 9.53 Å². The minimum absolute atomic E-state index is 0.161. The Bertz CT molecular complexity index is 551. The highest BCUT2D eigenvalue weighted by Gasteiger charge is 2.12. The lowest BCUT2D eigenvalue weighted by molar-refractivity contribution is -0.116. The van der Waals surface area contributed by atoms with Crippen molar-refractivity contribution in [3.05, 3.63) is 42.0 Å². The lowest BCUT2D eigenvalue weighted by atomic mass is 10.2. The standard InChI is InChI=1S/C16H19NO4/c1-12(2)10-19-8-7-17-16(18)6-4-13-3-5-14-15(9-13)21-11-20-14/h3-6,9H,1,7-8,10-11H2,2H3,(H,17,18)/b6-4+. The number of carbonyl (C=O) groups excluding carboxylic acids is 1. The van der Waals surface area contributed by atoms with Gasteiger partial charge < -0.3 is 19.5 Å². The summed E-state index contributed by atoms with van der Waals surface area (Å²) in [5.74, 6) is 1.27. The Balaban J connectivity index is 1.73. The molecule has 2 rings (SSSR count). The fourth-order valence-electron chi connectivity index (χ4n) is 1.74. The maximum absolute atomic E-state index is 11.6. The van der Waals surface area contributed by atoms with E-state index in [-0.39, 0.29) is 12.7 Å². The normalized spacial score (nSPS) is 12.6. The Morgan fingerprint density at radius 2 is 2.24 bits per heavy atom. The van der Waals surface area contributed by atoms with Crippen LogP contribution in [-0.4, -0.2) is 32.5 Å². The second-order valence-electron chi connectivity index (χ2n) is 4.75. The number of hydrogen-bond donors (Lipinski definition) is 1. The molecule has 1 amide bonds. The first-order valence-corrected chi connectivity index (χ1v) is 6.73. The summed E-state index contributed by atoms with van der Waals surface area (Å²) < 4.78 is 15.8. The van der Waals surface area contributed by atoms with Gasteiger partial charge in [0.2, 0.25) is 12.7 Å². The SMILES string of the molecule is C=C(C)COCCNC(=O)/C=C/c1ccc2c(c1)OCO2. The molecule has 1 aromatic rings. The van der Waals surface area contributed by atoms with Crippen molar-refractivity contribution < 1.29 is 19.0 Å². The third kappa shape index (κ3) is 4.96. The molecule has 1 aliphatic rings. The molecular weight excluding hydrogens is 270 g/mol. The molecule has 0 atom stereocenters. The Morgan fingerprint density at radius 1 is 1.43 bits per heavy atom. The van der Waals surface area contributed by atoms with Gasteiger partial charge in [0.25, 0.3) is 0 Å². The van der Waals surface area contributed by atoms with Crippen molar-refractivity contribution in [3.8, 4) is 11.5 Å². The second-order valence-corrected chi connectivity index (χ2v) is 4.75. The molecule has 1 N–H and O–H groups in total. The minimum Gasteiger partial charge on any atom is -0.454 e. The number of fused-ring (bicyclic) bond motifs is 1. The van der Waals surface area contributed by atoms with E-state index < -0.39 is 0 Å². The summed E-state index contributed by atoms with van der Waals surface area (Å²) in [4.78, 5) is 11.6. The number of nitrogens with one attached hydrogen (secondary N) is 1. The summed E-state index contributed by atoms with van der Waals surface area (Å²) in [6.45, 7) is 7.33. The largest absolute Gasteiger partial charge is 0.454 e. The number of amides is 1. The van der Waals surface area contributed by atoms with Crippen LogP contribution in [0.1, 0.15) is 12.5 Å². The van der Waals surface area contributed by atoms with Crippen LogP contribution in [0.2, 0.25) is 0 Å². The van der Waals surface area contributed by atoms with Crippen LogP contribution in [0.15, 0.2) is 36.4 Å². The Morgan fingerprint density at radius 3 is 3.05 bits per heavy atom. The molecule has 112 valence electrons. The highest BCUT2D eigenvalue weighted by Crippen LogP contribution is 2.32. The first-order chi connectivity index (χ1) is 10.1. The number of carbonyl (C=O) groups is 1. The summed E-state index contributed by atoms with van der Waals surface area (Å²) in [6.07, 6.45) is 3.21. The quantitative estimate of drug-likeness (QED) is 0.474. The van der Waals surface area contributed by atoms with Gasteiger partial charge in [-0.05, 0) is 30.7 Å². The average Bonchev–Trinajstić information content (AvgIpc) is 2.92. The zero-order valence-corrected chi connectivity index (χ0v) is 12.1. The van der Waals surface area contributed by atoms with Gasteiger partial charge in [-0.1, -0.05) is 18.2 Å². The van der Waals surface area contributed by atoms with E-state index in [1.165, 1.54) is 6.08 Å². The predicted molar refractivity (Wildman–Crippen MR) is 80.2 cm³/mol. The molecule has 0 aromatic heterocycles. The summed E-state index contributed by atoms with van der Waals surface area (Å²) >= 11 is 0. The molecule has 1 heterocycles. The Hall–Kier alpha value is -2.27. The Labute approximate surface area is 124 Å². The molecule has 0 spiro atoms. The number of rotatable bonds is 7. The van der Waals surface area contributed by atoms with Crippen molar-refractivity contribution in [2.24, 2.45) is 0 Å². The molecule has 0 saturated heterocycles. The van der Waals surface area contributed by atoms with Gasteiger partial charge in [0.1, 0.15) is 0 Å². The smallest absolute Gasteiger partial charge is 0.244 e. The van der Waals surface area contributed by atoms with Crippen LogP contribution in [0.25, 0.3) is 6.08 Å². The summed E-state index contributed by atoms with van der Waals surface area (Å²) in [5.41, 5.74) is 1.84. The predicted octanol–water partition coefficient (Wildman–Crippen LogP) is 2.14. The van der Waals surface area contributed by atoms with E-state index in [1.807, 2.05) is 25.1 Å². The summed E-state index contributed by atoms with van der Waals surface area (Å²) in [5, 5.41) is 2.74. The van der Waals surface area contributed by atoms with Crippen molar-refractivity contribution >= 4 is 12.0 Å². The molecule has 0 unspecified atom stereocenters. The van der Waals surface area contributed by atoms with Gasteiger partial charge in [0, 0.05) is 12.6 Å². The fourth-order valence-corrected chi connectivity index (χ4v) is 1.74. The van der Waals surface area contributed by atoms with Crippen molar-refractivity contribution in [1.29, 1.82) is 0 Å². The van der Waals surface area contributed by atoms with E-state index in [2.05, 4.69) is 11.9 Å². The maximum Gasteiger partial charge on any atom is 0.244 e. The number of ether oxygens (including phenoxy) is 3. The van der Waals surface area contributed by atoms with Crippen molar-refractivity contribution in [3.63, 3.8) is 0 Å². The first-order valence-electron chi connectivity index (χ1n) is 6.73. The fraction of sp³-hybridized carbons (Fsp3) is 0.312. The molecule has 1 aliphatic heterocycles. The monoisotopic (exact) mass is 289 g/mol. The molecule has 5 nitrogen and oxygen atoms in total. The second kappa shape index (κ2) is 7.50. The number of benzene rings is 1. The van der Waals surface area contributed by atoms with Crippen LogP contribution in [0, 0.1) is 0 Å².